The number of aromatic nitrogens is 1. The van der Waals surface area contributed by atoms with Gasteiger partial charge in [0.1, 0.15) is 11.5 Å². The zero-order valence-electron chi connectivity index (χ0n) is 27.5. The Hall–Kier alpha value is -4.28. The maximum Gasteiger partial charge on any atom is 0.263 e. The third-order valence-electron chi connectivity index (χ3n) is 10.6. The topological polar surface area (TPSA) is 80.9 Å². The highest BCUT2D eigenvalue weighted by molar-refractivity contribution is 6.38. The van der Waals surface area contributed by atoms with E-state index in [4.69, 9.17) is 16.3 Å². The molecule has 2 saturated heterocycles. The number of amides is 2. The molecule has 2 atom stereocenters. The van der Waals surface area contributed by atoms with Crippen molar-refractivity contribution in [1.29, 1.82) is 0 Å². The molecular weight excluding hydrogens is 641 g/mol. The summed E-state index contributed by atoms with van der Waals surface area (Å²) in [4.78, 5) is 38.7. The minimum Gasteiger partial charge on any atom is -0.379 e. The van der Waals surface area contributed by atoms with Crippen LogP contribution in [-0.2, 0) is 9.53 Å². The molecule has 252 valence electrons. The minimum absolute atomic E-state index is 0.0512. The number of fused-ring (bicyclic) bond motifs is 2. The summed E-state index contributed by atoms with van der Waals surface area (Å²) in [6.45, 7) is 6.95. The maximum atomic E-state index is 15.0. The summed E-state index contributed by atoms with van der Waals surface area (Å²) in [5, 5.41) is 4.39. The normalized spacial score (nSPS) is 23.4. The number of halogens is 2. The molecule has 0 aliphatic carbocycles. The van der Waals surface area contributed by atoms with Crippen molar-refractivity contribution < 1.29 is 18.7 Å². The van der Waals surface area contributed by atoms with Gasteiger partial charge in [-0.3, -0.25) is 24.7 Å². The number of hydrogen-bond donors (Lipinski definition) is 2. The molecule has 49 heavy (non-hydrogen) atoms. The van der Waals surface area contributed by atoms with Crippen LogP contribution in [0.2, 0.25) is 5.02 Å². The number of nitrogens with zero attached hydrogens (tertiary/aromatic N) is 3. The molecule has 2 unspecified atom stereocenters. The Labute approximate surface area is 290 Å². The van der Waals surface area contributed by atoms with Crippen LogP contribution in [0.25, 0.3) is 11.6 Å². The lowest BCUT2D eigenvalue weighted by Crippen LogP contribution is -2.69. The molecule has 3 aromatic carbocycles. The summed E-state index contributed by atoms with van der Waals surface area (Å²) in [5.41, 5.74) is 5.69. The Morgan fingerprint density at radius 3 is 2.53 bits per heavy atom. The van der Waals surface area contributed by atoms with Crippen molar-refractivity contribution in [3.8, 4) is 0 Å². The Bertz CT molecular complexity index is 1940. The number of para-hydroxylation sites is 1. The molecule has 8 rings (SSSR count). The van der Waals surface area contributed by atoms with Gasteiger partial charge in [0.05, 0.1) is 36.0 Å². The van der Waals surface area contributed by atoms with Crippen LogP contribution in [0, 0.1) is 12.7 Å². The molecule has 2 fully saturated rings. The Morgan fingerprint density at radius 1 is 0.980 bits per heavy atom. The number of ether oxygens (including phenoxy) is 1. The van der Waals surface area contributed by atoms with Crippen molar-refractivity contribution in [2.75, 3.05) is 50.8 Å². The highest BCUT2D eigenvalue weighted by atomic mass is 35.5. The van der Waals surface area contributed by atoms with Gasteiger partial charge in [-0.25, -0.2) is 4.39 Å². The van der Waals surface area contributed by atoms with Crippen LogP contribution in [0.3, 0.4) is 0 Å². The third-order valence-corrected chi connectivity index (χ3v) is 10.9. The van der Waals surface area contributed by atoms with Crippen molar-refractivity contribution in [3.63, 3.8) is 0 Å². The molecule has 10 heteroatoms. The van der Waals surface area contributed by atoms with E-state index in [2.05, 4.69) is 15.2 Å². The van der Waals surface area contributed by atoms with Gasteiger partial charge in [-0.1, -0.05) is 41.9 Å². The van der Waals surface area contributed by atoms with E-state index < -0.39 is 5.66 Å². The highest BCUT2D eigenvalue weighted by Crippen LogP contribution is 2.49. The quantitative estimate of drug-likeness (QED) is 0.221. The molecule has 0 saturated carbocycles. The summed E-state index contributed by atoms with van der Waals surface area (Å²) in [5.74, 6) is -0.891. The number of aromatic amines is 1. The molecule has 0 bridgehead atoms. The highest BCUT2D eigenvalue weighted by Gasteiger charge is 2.54. The molecule has 5 heterocycles. The van der Waals surface area contributed by atoms with E-state index in [0.29, 0.717) is 41.6 Å². The van der Waals surface area contributed by atoms with E-state index in [1.807, 2.05) is 60.4 Å². The Balaban J connectivity index is 1.26. The molecular formula is C39H39ClFN5O3. The number of hydrogen-bond acceptors (Lipinski definition) is 5. The number of anilines is 2. The third kappa shape index (κ3) is 5.49. The molecule has 1 spiro atoms. The molecule has 4 aromatic rings. The van der Waals surface area contributed by atoms with Crippen molar-refractivity contribution >= 4 is 46.4 Å². The van der Waals surface area contributed by atoms with E-state index in [-0.39, 0.29) is 23.5 Å². The zero-order chi connectivity index (χ0) is 33.7. The number of benzene rings is 3. The monoisotopic (exact) mass is 679 g/mol. The first-order chi connectivity index (χ1) is 23.9. The first kappa shape index (κ1) is 32.0. The molecule has 4 aliphatic rings. The number of piperidine rings is 1. The second kappa shape index (κ2) is 12.9. The average Bonchev–Trinajstić information content (AvgIpc) is 3.58. The smallest absolute Gasteiger partial charge is 0.263 e. The molecule has 8 nitrogen and oxygen atoms in total. The van der Waals surface area contributed by atoms with E-state index in [1.54, 1.807) is 29.2 Å². The number of H-pyrrole nitrogens is 1. The molecule has 0 radical (unpaired) electrons. The summed E-state index contributed by atoms with van der Waals surface area (Å²) in [6.07, 6.45) is 4.55. The second-order valence-corrected chi connectivity index (χ2v) is 13.8. The number of rotatable bonds is 6. The number of morpholine rings is 1. The average molecular weight is 680 g/mol. The van der Waals surface area contributed by atoms with E-state index in [0.717, 1.165) is 79.2 Å². The van der Waals surface area contributed by atoms with Gasteiger partial charge in [0.15, 0.2) is 0 Å². The molecule has 4 aliphatic heterocycles. The van der Waals surface area contributed by atoms with Crippen molar-refractivity contribution in [1.82, 2.24) is 20.1 Å². The zero-order valence-corrected chi connectivity index (χ0v) is 28.2. The van der Waals surface area contributed by atoms with Gasteiger partial charge in [-0.2, -0.15) is 0 Å². The predicted molar refractivity (Wildman–Crippen MR) is 190 cm³/mol. The lowest BCUT2D eigenvalue weighted by Gasteiger charge is -2.54. The summed E-state index contributed by atoms with van der Waals surface area (Å²) >= 11 is 6.18. The summed E-state index contributed by atoms with van der Waals surface area (Å²) in [7, 11) is 0. The minimum atomic E-state index is -0.745. The van der Waals surface area contributed by atoms with Gasteiger partial charge in [-0.15, -0.1) is 0 Å². The second-order valence-electron chi connectivity index (χ2n) is 13.4. The van der Waals surface area contributed by atoms with Crippen LogP contribution in [0.15, 0.2) is 72.8 Å². The summed E-state index contributed by atoms with van der Waals surface area (Å²) < 4.78 is 20.5. The number of nitrogens with one attached hydrogen (secondary N) is 2. The largest absolute Gasteiger partial charge is 0.379 e. The number of carbonyl (C=O) groups is 2. The van der Waals surface area contributed by atoms with Crippen LogP contribution in [0.1, 0.15) is 63.6 Å². The number of carbonyl (C=O) groups excluding carboxylic acids is 2. The van der Waals surface area contributed by atoms with Crippen molar-refractivity contribution in [3.05, 3.63) is 117 Å². The fraction of sp³-hybridized carbons (Fsp3) is 0.333. The fourth-order valence-electron chi connectivity index (χ4n) is 8.24. The maximum absolute atomic E-state index is 15.0. The first-order valence-electron chi connectivity index (χ1n) is 17.1. The van der Waals surface area contributed by atoms with Crippen LogP contribution in [0.4, 0.5) is 15.8 Å². The lowest BCUT2D eigenvalue weighted by molar-refractivity contribution is -0.112. The van der Waals surface area contributed by atoms with Gasteiger partial charge >= 0.3 is 0 Å². The molecule has 1 aromatic heterocycles. The van der Waals surface area contributed by atoms with Gasteiger partial charge in [0.2, 0.25) is 0 Å². The fourth-order valence-corrected chi connectivity index (χ4v) is 8.37. The van der Waals surface area contributed by atoms with Crippen molar-refractivity contribution in [2.24, 2.45) is 0 Å². The predicted octanol–water partition coefficient (Wildman–Crippen LogP) is 6.72. The summed E-state index contributed by atoms with van der Waals surface area (Å²) in [6, 6.07) is 21.7. The molecule has 2 N–H and O–H groups in total. The van der Waals surface area contributed by atoms with Crippen LogP contribution in [0.5, 0.6) is 0 Å². The van der Waals surface area contributed by atoms with Gasteiger partial charge in [0, 0.05) is 53.8 Å². The lowest BCUT2D eigenvalue weighted by atomic mass is 9.73. The SMILES string of the molecule is Cc1c(/C=C2\C(=O)N(c3ccc(Cl)cc3)c3ccccc32)[nH]c2c1C(=O)N(CCN1CCOCC1)C1(CCCCN1)C2c1cccc(F)c1. The van der Waals surface area contributed by atoms with E-state index in [1.165, 1.54) is 6.07 Å². The van der Waals surface area contributed by atoms with E-state index >= 15 is 0 Å². The standard InChI is InChI=1S/C39H39ClFN5O3/c1-25-32(24-31-30-9-2-3-10-33(30)46(37(31)47)29-13-11-27(40)12-14-29)43-36-34(25)38(48)45(18-17-44-19-21-49-22-20-44)39(15-4-5-16-42-39)35(36)26-7-6-8-28(41)23-26/h2-3,6-14,23-24,35,42-43H,4-5,15-22H2,1H3/b31-24-. The van der Waals surface area contributed by atoms with Crippen LogP contribution >= 0.6 is 11.6 Å². The van der Waals surface area contributed by atoms with E-state index in [9.17, 15) is 14.0 Å². The van der Waals surface area contributed by atoms with Crippen LogP contribution < -0.4 is 10.2 Å². The van der Waals surface area contributed by atoms with Gasteiger partial charge in [-0.05, 0) is 92.4 Å². The van der Waals surface area contributed by atoms with Crippen LogP contribution in [-0.4, -0.2) is 78.2 Å². The van der Waals surface area contributed by atoms with Gasteiger partial charge in [0.25, 0.3) is 11.8 Å². The van der Waals surface area contributed by atoms with Gasteiger partial charge < -0.3 is 14.6 Å². The Morgan fingerprint density at radius 2 is 1.78 bits per heavy atom. The van der Waals surface area contributed by atoms with Crippen molar-refractivity contribution in [2.45, 2.75) is 37.8 Å². The first-order valence-corrected chi connectivity index (χ1v) is 17.5. The Kier molecular flexibility index (Phi) is 8.40. The molecule has 2 amide bonds.